The molecule has 0 atom stereocenters. The summed E-state index contributed by atoms with van der Waals surface area (Å²) in [6.45, 7) is 1.52. The number of hydrogen-bond donors (Lipinski definition) is 1. The summed E-state index contributed by atoms with van der Waals surface area (Å²) in [6.07, 6.45) is 0. The van der Waals surface area contributed by atoms with Crippen molar-refractivity contribution in [3.05, 3.63) is 62.8 Å². The average Bonchev–Trinajstić information content (AvgIpc) is 3.18. The number of methoxy groups -OCH3 is 2. The average molecular weight is 471 g/mol. The molecular weight excluding hydrogens is 452 g/mol. The summed E-state index contributed by atoms with van der Waals surface area (Å²) in [5.41, 5.74) is 1.60. The van der Waals surface area contributed by atoms with E-state index < -0.39 is 11.5 Å². The van der Waals surface area contributed by atoms with Gasteiger partial charge in [0.2, 0.25) is 5.91 Å². The van der Waals surface area contributed by atoms with E-state index in [1.807, 2.05) is 31.2 Å². The molecule has 2 heterocycles. The highest BCUT2D eigenvalue weighted by molar-refractivity contribution is 7.19. The van der Waals surface area contributed by atoms with Crippen LogP contribution in [-0.2, 0) is 11.3 Å². The van der Waals surface area contributed by atoms with E-state index in [0.29, 0.717) is 32.6 Å². The van der Waals surface area contributed by atoms with Gasteiger partial charge in [-0.3, -0.25) is 9.59 Å². The van der Waals surface area contributed by atoms with Crippen LogP contribution in [0, 0.1) is 6.92 Å². The number of nitrogens with one attached hydrogen (secondary N) is 1. The second kappa shape index (κ2) is 8.97. The van der Waals surface area contributed by atoms with Gasteiger partial charge in [0.15, 0.2) is 5.52 Å². The molecule has 0 fully saturated rings. The molecule has 0 spiro atoms. The lowest BCUT2D eigenvalue weighted by Gasteiger charge is -2.12. The number of anilines is 1. The van der Waals surface area contributed by atoms with E-state index in [2.05, 4.69) is 15.4 Å². The van der Waals surface area contributed by atoms with Crippen molar-refractivity contribution in [2.75, 3.05) is 19.5 Å². The number of aromatic nitrogens is 3. The number of benzene rings is 2. The molecule has 2 aromatic carbocycles. The number of aryl methyl sites for hydroxylation is 1. The Labute approximate surface area is 192 Å². The van der Waals surface area contributed by atoms with Gasteiger partial charge in [0.1, 0.15) is 23.7 Å². The van der Waals surface area contributed by atoms with E-state index in [1.165, 1.54) is 18.4 Å². The first-order valence-electron chi connectivity index (χ1n) is 9.55. The lowest BCUT2D eigenvalue weighted by Crippen LogP contribution is -2.30. The summed E-state index contributed by atoms with van der Waals surface area (Å²) in [6, 6.07) is 12.2. The zero-order valence-electron chi connectivity index (χ0n) is 17.5. The number of rotatable bonds is 6. The summed E-state index contributed by atoms with van der Waals surface area (Å²) in [5.74, 6) is 0.702. The minimum atomic E-state index is -0.452. The van der Waals surface area contributed by atoms with Gasteiger partial charge in [-0.15, -0.1) is 11.3 Å². The number of halogens is 1. The fraction of sp³-hybridized carbons (Fsp3) is 0.182. The number of fused-ring (bicyclic) bond motifs is 1. The molecule has 0 saturated carbocycles. The molecule has 8 nitrogen and oxygen atoms in total. The maximum atomic E-state index is 13.0. The summed E-state index contributed by atoms with van der Waals surface area (Å²) in [7, 11) is 3.08. The first-order valence-corrected chi connectivity index (χ1v) is 10.7. The Hall–Kier alpha value is -3.43. The van der Waals surface area contributed by atoms with Crippen LogP contribution >= 0.6 is 22.9 Å². The Morgan fingerprint density at radius 3 is 2.59 bits per heavy atom. The number of nitrogens with zero attached hydrogens (tertiary/aromatic N) is 3. The molecule has 1 amide bonds. The molecule has 0 aliphatic heterocycles. The van der Waals surface area contributed by atoms with Crippen molar-refractivity contribution in [2.45, 2.75) is 13.5 Å². The lowest BCUT2D eigenvalue weighted by molar-refractivity contribution is -0.117. The van der Waals surface area contributed by atoms with E-state index >= 15 is 0 Å². The van der Waals surface area contributed by atoms with Crippen LogP contribution in [0.25, 0.3) is 21.5 Å². The third-order valence-electron chi connectivity index (χ3n) is 4.70. The molecular formula is C22H19ClN4O4S. The highest BCUT2D eigenvalue weighted by Crippen LogP contribution is 2.31. The first kappa shape index (κ1) is 21.8. The monoisotopic (exact) mass is 470 g/mol. The number of hydrogen-bond acceptors (Lipinski definition) is 7. The molecule has 0 bridgehead atoms. The predicted octanol–water partition coefficient (Wildman–Crippen LogP) is 4.14. The van der Waals surface area contributed by atoms with Gasteiger partial charge in [-0.2, -0.15) is 5.10 Å². The summed E-state index contributed by atoms with van der Waals surface area (Å²) >= 11 is 7.41. The largest absolute Gasteiger partial charge is 0.497 e. The second-order valence-corrected chi connectivity index (χ2v) is 8.48. The molecule has 4 aromatic rings. The fourth-order valence-corrected chi connectivity index (χ4v) is 4.30. The summed E-state index contributed by atoms with van der Waals surface area (Å²) in [5, 5.41) is 8.40. The zero-order chi connectivity index (χ0) is 22.8. The zero-order valence-corrected chi connectivity index (χ0v) is 19.1. The van der Waals surface area contributed by atoms with Gasteiger partial charge < -0.3 is 14.8 Å². The number of ether oxygens (including phenoxy) is 2. The quantitative estimate of drug-likeness (QED) is 0.455. The minimum Gasteiger partial charge on any atom is -0.497 e. The Bertz CT molecular complexity index is 1370. The van der Waals surface area contributed by atoms with Crippen molar-refractivity contribution in [1.82, 2.24) is 14.8 Å². The van der Waals surface area contributed by atoms with Crippen LogP contribution < -0.4 is 20.3 Å². The molecule has 0 aliphatic rings. The molecule has 0 aliphatic carbocycles. The third kappa shape index (κ3) is 4.30. The van der Waals surface area contributed by atoms with Gasteiger partial charge in [0.05, 0.1) is 29.6 Å². The Balaban J connectivity index is 1.73. The molecule has 4 rings (SSSR count). The lowest BCUT2D eigenvalue weighted by atomic mass is 10.1. The van der Waals surface area contributed by atoms with E-state index in [1.54, 1.807) is 25.3 Å². The van der Waals surface area contributed by atoms with Crippen LogP contribution in [0.1, 0.15) is 5.01 Å². The molecule has 0 saturated heterocycles. The number of thiazole rings is 1. The first-order chi connectivity index (χ1) is 15.4. The Morgan fingerprint density at radius 2 is 1.91 bits per heavy atom. The minimum absolute atomic E-state index is 0.279. The fourth-order valence-electron chi connectivity index (χ4n) is 3.21. The normalized spacial score (nSPS) is 10.9. The van der Waals surface area contributed by atoms with E-state index in [4.69, 9.17) is 21.1 Å². The maximum absolute atomic E-state index is 13.0. The Kier molecular flexibility index (Phi) is 6.11. The number of amides is 1. The van der Waals surface area contributed by atoms with Crippen LogP contribution in [0.3, 0.4) is 0 Å². The van der Waals surface area contributed by atoms with Crippen LogP contribution in [-0.4, -0.2) is 34.9 Å². The van der Waals surface area contributed by atoms with Crippen molar-refractivity contribution in [3.8, 4) is 22.8 Å². The van der Waals surface area contributed by atoms with Gasteiger partial charge in [-0.05, 0) is 49.4 Å². The smallest absolute Gasteiger partial charge is 0.294 e. The van der Waals surface area contributed by atoms with Crippen molar-refractivity contribution in [2.24, 2.45) is 0 Å². The molecule has 32 heavy (non-hydrogen) atoms. The molecule has 0 unspecified atom stereocenters. The predicted molar refractivity (Wildman–Crippen MR) is 125 cm³/mol. The highest BCUT2D eigenvalue weighted by Gasteiger charge is 2.18. The summed E-state index contributed by atoms with van der Waals surface area (Å²) < 4.78 is 12.3. The van der Waals surface area contributed by atoms with E-state index in [0.717, 1.165) is 15.3 Å². The standard InChI is InChI=1S/C22H19ClN4O4S/c1-12-24-20-21(32-12)19(13-4-7-15(30-2)8-5-13)26-27(22(20)29)11-18(28)25-16-10-14(23)6-9-17(16)31-3/h4-10H,11H2,1-3H3,(H,25,28). The van der Waals surface area contributed by atoms with Gasteiger partial charge in [0.25, 0.3) is 5.56 Å². The van der Waals surface area contributed by atoms with E-state index in [-0.39, 0.29) is 12.1 Å². The van der Waals surface area contributed by atoms with Crippen molar-refractivity contribution in [1.29, 1.82) is 0 Å². The third-order valence-corrected chi connectivity index (χ3v) is 5.91. The van der Waals surface area contributed by atoms with Crippen molar-refractivity contribution >= 4 is 44.7 Å². The molecule has 0 radical (unpaired) electrons. The molecule has 1 N–H and O–H groups in total. The van der Waals surface area contributed by atoms with Gasteiger partial charge in [-0.1, -0.05) is 11.6 Å². The maximum Gasteiger partial charge on any atom is 0.294 e. The Morgan fingerprint density at radius 1 is 1.16 bits per heavy atom. The topological polar surface area (TPSA) is 95.3 Å². The molecule has 2 aromatic heterocycles. The van der Waals surface area contributed by atoms with Gasteiger partial charge in [-0.25, -0.2) is 9.67 Å². The van der Waals surface area contributed by atoms with Crippen molar-refractivity contribution in [3.63, 3.8) is 0 Å². The van der Waals surface area contributed by atoms with Crippen LogP contribution in [0.5, 0.6) is 11.5 Å². The van der Waals surface area contributed by atoms with Crippen LogP contribution in [0.15, 0.2) is 47.3 Å². The second-order valence-electron chi connectivity index (χ2n) is 6.84. The van der Waals surface area contributed by atoms with Crippen LogP contribution in [0.2, 0.25) is 5.02 Å². The van der Waals surface area contributed by atoms with Crippen molar-refractivity contribution < 1.29 is 14.3 Å². The molecule has 164 valence electrons. The SMILES string of the molecule is COc1ccc(-c2nn(CC(=O)Nc3cc(Cl)ccc3OC)c(=O)c3nc(C)sc23)cc1. The van der Waals surface area contributed by atoms with E-state index in [9.17, 15) is 9.59 Å². The van der Waals surface area contributed by atoms with Gasteiger partial charge >= 0.3 is 0 Å². The highest BCUT2D eigenvalue weighted by atomic mass is 35.5. The number of carbonyl (C=O) groups excluding carboxylic acids is 1. The van der Waals surface area contributed by atoms with Crippen LogP contribution in [0.4, 0.5) is 5.69 Å². The summed E-state index contributed by atoms with van der Waals surface area (Å²) in [4.78, 5) is 30.1. The molecule has 10 heteroatoms. The van der Waals surface area contributed by atoms with Gasteiger partial charge in [0, 0.05) is 10.6 Å². The number of carbonyl (C=O) groups is 1.